The van der Waals surface area contributed by atoms with Crippen LogP contribution in [0.4, 0.5) is 0 Å². The molecule has 26 heavy (non-hydrogen) atoms. The third-order valence-corrected chi connectivity index (χ3v) is 4.23. The Hall–Kier alpha value is -3.14. The smallest absolute Gasteiger partial charge is 0.162 e. The van der Waals surface area contributed by atoms with Gasteiger partial charge in [-0.15, -0.1) is 0 Å². The molecule has 0 saturated heterocycles. The summed E-state index contributed by atoms with van der Waals surface area (Å²) in [6, 6.07) is 17.9. The van der Waals surface area contributed by atoms with Gasteiger partial charge in [-0.25, -0.2) is 4.98 Å². The summed E-state index contributed by atoms with van der Waals surface area (Å²) in [5.74, 6) is 0.788. The first kappa shape index (κ1) is 17.7. The SMILES string of the molecule is CC.CC(=O)c1c(C)[nH]c(-c2nc3ccccc3[nH]2)c1-c1ccccc1. The van der Waals surface area contributed by atoms with Gasteiger partial charge in [0.2, 0.25) is 0 Å². The van der Waals surface area contributed by atoms with E-state index in [1.807, 2.05) is 75.4 Å². The highest BCUT2D eigenvalue weighted by Crippen LogP contribution is 2.36. The number of nitrogens with zero attached hydrogens (tertiary/aromatic N) is 1. The van der Waals surface area contributed by atoms with E-state index >= 15 is 0 Å². The van der Waals surface area contributed by atoms with Gasteiger partial charge in [0.25, 0.3) is 0 Å². The van der Waals surface area contributed by atoms with Crippen LogP contribution in [0.1, 0.15) is 36.8 Å². The number of nitrogens with one attached hydrogen (secondary N) is 2. The molecule has 2 N–H and O–H groups in total. The zero-order chi connectivity index (χ0) is 18.7. The molecule has 2 heterocycles. The van der Waals surface area contributed by atoms with Crippen LogP contribution in [0.5, 0.6) is 0 Å². The lowest BCUT2D eigenvalue weighted by Crippen LogP contribution is -1.95. The van der Waals surface area contributed by atoms with Crippen molar-refractivity contribution in [2.24, 2.45) is 0 Å². The molecule has 0 aliphatic carbocycles. The van der Waals surface area contributed by atoms with E-state index in [0.29, 0.717) is 0 Å². The number of fused-ring (bicyclic) bond motifs is 1. The van der Waals surface area contributed by atoms with Gasteiger partial charge in [-0.05, 0) is 31.5 Å². The third-order valence-electron chi connectivity index (χ3n) is 4.23. The number of aromatic amines is 2. The van der Waals surface area contributed by atoms with Crippen molar-refractivity contribution >= 4 is 16.8 Å². The molecule has 4 nitrogen and oxygen atoms in total. The Kier molecular flexibility index (Phi) is 5.03. The number of aromatic nitrogens is 3. The van der Waals surface area contributed by atoms with Crippen LogP contribution in [0.3, 0.4) is 0 Å². The number of para-hydroxylation sites is 2. The van der Waals surface area contributed by atoms with Gasteiger partial charge >= 0.3 is 0 Å². The lowest BCUT2D eigenvalue weighted by atomic mass is 9.98. The predicted molar refractivity (Wildman–Crippen MR) is 107 cm³/mol. The van der Waals surface area contributed by atoms with Crippen LogP contribution >= 0.6 is 0 Å². The number of rotatable bonds is 3. The molecule has 0 aliphatic rings. The lowest BCUT2D eigenvalue weighted by Gasteiger charge is -2.05. The molecule has 4 aromatic rings. The van der Waals surface area contributed by atoms with Gasteiger partial charge in [-0.3, -0.25) is 4.79 Å². The number of H-pyrrole nitrogens is 2. The molecule has 2 aromatic heterocycles. The fraction of sp³-hybridized carbons (Fsp3) is 0.182. The van der Waals surface area contributed by atoms with Gasteiger partial charge in [-0.1, -0.05) is 56.3 Å². The van der Waals surface area contributed by atoms with E-state index in [9.17, 15) is 4.79 Å². The maximum atomic E-state index is 12.2. The number of imidazole rings is 1. The molecule has 0 fully saturated rings. The van der Waals surface area contributed by atoms with Crippen molar-refractivity contribution in [2.75, 3.05) is 0 Å². The van der Waals surface area contributed by atoms with Crippen molar-refractivity contribution in [3.8, 4) is 22.6 Å². The summed E-state index contributed by atoms with van der Waals surface area (Å²) in [7, 11) is 0. The van der Waals surface area contributed by atoms with E-state index < -0.39 is 0 Å². The van der Waals surface area contributed by atoms with Crippen LogP contribution in [0, 0.1) is 6.92 Å². The zero-order valence-corrected chi connectivity index (χ0v) is 15.6. The minimum absolute atomic E-state index is 0.0463. The Morgan fingerprint density at radius 3 is 2.23 bits per heavy atom. The molecular formula is C22H23N3O. The second kappa shape index (κ2) is 7.40. The van der Waals surface area contributed by atoms with Crippen LogP contribution in [-0.4, -0.2) is 20.7 Å². The predicted octanol–water partition coefficient (Wildman–Crippen LogP) is 5.76. The molecular weight excluding hydrogens is 322 g/mol. The summed E-state index contributed by atoms with van der Waals surface area (Å²) in [6.45, 7) is 7.53. The minimum Gasteiger partial charge on any atom is -0.355 e. The Labute approximate surface area is 153 Å². The van der Waals surface area contributed by atoms with Crippen LogP contribution in [0.25, 0.3) is 33.7 Å². The molecule has 0 aliphatic heterocycles. The summed E-state index contributed by atoms with van der Waals surface area (Å²) in [4.78, 5) is 23.6. The number of aryl methyl sites for hydroxylation is 1. The molecule has 4 rings (SSSR count). The molecule has 0 unspecified atom stereocenters. The molecule has 2 aromatic carbocycles. The number of Topliss-reactive ketones (excluding diaryl/α,β-unsaturated/α-hetero) is 1. The Morgan fingerprint density at radius 1 is 0.923 bits per heavy atom. The zero-order valence-electron chi connectivity index (χ0n) is 15.6. The van der Waals surface area contributed by atoms with Gasteiger partial charge in [0.15, 0.2) is 11.6 Å². The van der Waals surface area contributed by atoms with Crippen LogP contribution in [0.2, 0.25) is 0 Å². The van der Waals surface area contributed by atoms with E-state index in [4.69, 9.17) is 0 Å². The number of ketones is 1. The summed E-state index contributed by atoms with van der Waals surface area (Å²) in [5.41, 5.74) is 6.21. The van der Waals surface area contributed by atoms with Gasteiger partial charge in [0.05, 0.1) is 16.7 Å². The van der Waals surface area contributed by atoms with E-state index in [2.05, 4.69) is 15.0 Å². The fourth-order valence-corrected chi connectivity index (χ4v) is 3.21. The Balaban J connectivity index is 0.000000948. The summed E-state index contributed by atoms with van der Waals surface area (Å²) in [6.07, 6.45) is 0. The summed E-state index contributed by atoms with van der Waals surface area (Å²) < 4.78 is 0. The van der Waals surface area contributed by atoms with Crippen LogP contribution in [0.15, 0.2) is 54.6 Å². The molecule has 0 bridgehead atoms. The van der Waals surface area contributed by atoms with E-state index in [0.717, 1.165) is 44.9 Å². The first-order chi connectivity index (χ1) is 12.6. The number of carbonyl (C=O) groups excluding carboxylic acids is 1. The molecule has 4 heteroatoms. The number of hydrogen-bond donors (Lipinski definition) is 2. The standard InChI is InChI=1S/C20H17N3O.C2H6/c1-12-17(13(2)24)18(14-8-4-3-5-9-14)19(21-12)20-22-15-10-6-7-11-16(15)23-20;1-2/h3-11,21H,1-2H3,(H,22,23);1-2H3. The second-order valence-electron chi connectivity index (χ2n) is 5.90. The number of carbonyl (C=O) groups is 1. The monoisotopic (exact) mass is 345 g/mol. The summed E-state index contributed by atoms with van der Waals surface area (Å²) in [5, 5.41) is 0. The Bertz CT molecular complexity index is 1010. The molecule has 0 amide bonds. The highest BCUT2D eigenvalue weighted by molar-refractivity contribution is 6.05. The van der Waals surface area contributed by atoms with Crippen LogP contribution < -0.4 is 0 Å². The maximum Gasteiger partial charge on any atom is 0.162 e. The minimum atomic E-state index is 0.0463. The van der Waals surface area contributed by atoms with Crippen molar-refractivity contribution < 1.29 is 4.79 Å². The van der Waals surface area contributed by atoms with Gasteiger partial charge in [0, 0.05) is 16.8 Å². The lowest BCUT2D eigenvalue weighted by molar-refractivity contribution is 0.101. The average molecular weight is 345 g/mol. The average Bonchev–Trinajstić information content (AvgIpc) is 3.24. The normalized spacial score (nSPS) is 10.5. The van der Waals surface area contributed by atoms with Crippen molar-refractivity contribution in [3.63, 3.8) is 0 Å². The molecule has 0 saturated carbocycles. The third kappa shape index (κ3) is 3.06. The van der Waals surface area contributed by atoms with Crippen molar-refractivity contribution in [2.45, 2.75) is 27.7 Å². The van der Waals surface area contributed by atoms with Gasteiger partial charge < -0.3 is 9.97 Å². The maximum absolute atomic E-state index is 12.2. The van der Waals surface area contributed by atoms with Gasteiger partial charge in [0.1, 0.15) is 0 Å². The van der Waals surface area contributed by atoms with Crippen molar-refractivity contribution in [1.82, 2.24) is 15.0 Å². The molecule has 0 spiro atoms. The quantitative estimate of drug-likeness (QED) is 0.464. The van der Waals surface area contributed by atoms with E-state index in [1.54, 1.807) is 6.92 Å². The van der Waals surface area contributed by atoms with Gasteiger partial charge in [-0.2, -0.15) is 0 Å². The fourth-order valence-electron chi connectivity index (χ4n) is 3.21. The number of hydrogen-bond acceptors (Lipinski definition) is 2. The molecule has 132 valence electrons. The highest BCUT2D eigenvalue weighted by atomic mass is 16.1. The van der Waals surface area contributed by atoms with E-state index in [-0.39, 0.29) is 5.78 Å². The molecule has 0 atom stereocenters. The first-order valence-electron chi connectivity index (χ1n) is 8.89. The van der Waals surface area contributed by atoms with Crippen molar-refractivity contribution in [1.29, 1.82) is 0 Å². The van der Waals surface area contributed by atoms with Crippen molar-refractivity contribution in [3.05, 3.63) is 65.9 Å². The van der Waals surface area contributed by atoms with E-state index in [1.165, 1.54) is 0 Å². The highest BCUT2D eigenvalue weighted by Gasteiger charge is 2.22. The van der Waals surface area contributed by atoms with Crippen LogP contribution in [-0.2, 0) is 0 Å². The molecule has 0 radical (unpaired) electrons. The number of benzene rings is 2. The Morgan fingerprint density at radius 2 is 1.58 bits per heavy atom. The largest absolute Gasteiger partial charge is 0.355 e. The first-order valence-corrected chi connectivity index (χ1v) is 8.89. The topological polar surface area (TPSA) is 61.5 Å². The second-order valence-corrected chi connectivity index (χ2v) is 5.90. The summed E-state index contributed by atoms with van der Waals surface area (Å²) >= 11 is 0.